The van der Waals surface area contributed by atoms with Gasteiger partial charge in [-0.3, -0.25) is 43.5 Å². The van der Waals surface area contributed by atoms with Gasteiger partial charge in [-0.25, -0.2) is 9.59 Å². The van der Waals surface area contributed by atoms with E-state index in [9.17, 15) is 43.5 Å². The minimum atomic E-state index is -1.59. The zero-order valence-electron chi connectivity index (χ0n) is 46.8. The van der Waals surface area contributed by atoms with E-state index in [4.69, 9.17) is 28.4 Å². The number of hydrogen-bond acceptors (Lipinski definition) is 17. The number of nitrogens with zero attached hydrogens (tertiary/aromatic N) is 3. The van der Waals surface area contributed by atoms with Crippen molar-refractivity contribution in [3.8, 4) is 11.1 Å². The summed E-state index contributed by atoms with van der Waals surface area (Å²) < 4.78 is 33.8. The quantitative estimate of drug-likeness (QED) is 0.0779. The smallest absolute Gasteiger partial charge is 0.407 e. The third kappa shape index (κ3) is 24.4. The normalized spacial score (nSPS) is 13.8. The van der Waals surface area contributed by atoms with Crippen molar-refractivity contribution in [3.05, 3.63) is 59.7 Å². The molecule has 0 aliphatic heterocycles. The molecule has 0 saturated carbocycles. The second kappa shape index (κ2) is 27.1. The molecule has 0 aromatic heterocycles. The van der Waals surface area contributed by atoms with Gasteiger partial charge in [-0.15, -0.1) is 0 Å². The van der Waals surface area contributed by atoms with Crippen molar-refractivity contribution in [1.82, 2.24) is 25.3 Å². The van der Waals surface area contributed by atoms with Gasteiger partial charge < -0.3 is 44.2 Å². The highest BCUT2D eigenvalue weighted by Gasteiger charge is 2.35. The van der Waals surface area contributed by atoms with Gasteiger partial charge in [0.25, 0.3) is 0 Å². The van der Waals surface area contributed by atoms with Crippen molar-refractivity contribution in [2.24, 2.45) is 0 Å². The van der Waals surface area contributed by atoms with Crippen LogP contribution in [0, 0.1) is 0 Å². The Balaban J connectivity index is 1.92. The van der Waals surface area contributed by atoms with Crippen molar-refractivity contribution in [1.29, 1.82) is 0 Å². The number of fused-ring (bicyclic) bond motifs is 3. The maximum absolute atomic E-state index is 14.4. The Hall–Kier alpha value is -6.12. The predicted octanol–water partition coefficient (Wildman–Crippen LogP) is 5.86. The molecule has 0 bridgehead atoms. The molecule has 0 spiro atoms. The number of carboxylic acid groups (broad SMARTS) is 1. The SMILES string of the molecule is CC(C)(C)OC(=O)CN(CCN(CCN(CC(=O)OC(C)(C)C)CC(=O)OC(C)(C)C)[C@@H](CCC(=O)NC[C@H](NC(=O)OCC1c2ccccc2-c2ccccc21)C(=O)O)C(=O)OC(C)(C)C)CC(=O)OC(C)(C)C. The van der Waals surface area contributed by atoms with Crippen LogP contribution in [0.5, 0.6) is 0 Å². The van der Waals surface area contributed by atoms with Gasteiger partial charge in [0.05, 0.1) is 26.2 Å². The number of nitrogens with one attached hydrogen (secondary N) is 2. The molecule has 0 heterocycles. The number of rotatable bonds is 25. The van der Waals surface area contributed by atoms with Gasteiger partial charge in [-0.2, -0.15) is 0 Å². The Morgan fingerprint density at radius 3 is 1.28 bits per heavy atom. The molecule has 1 aliphatic carbocycles. The molecule has 1 aliphatic rings. The monoisotopic (exact) mass is 1050 g/mol. The molecule has 0 fully saturated rings. The van der Waals surface area contributed by atoms with E-state index in [1.807, 2.05) is 48.5 Å². The van der Waals surface area contributed by atoms with Crippen LogP contribution in [0.3, 0.4) is 0 Å². The molecular weight excluding hydrogens is 971 g/mol. The van der Waals surface area contributed by atoms with Crippen molar-refractivity contribution < 1.29 is 71.9 Å². The fraction of sp³-hybridized carbons (Fsp3) is 0.636. The number of amides is 2. The zero-order chi connectivity index (χ0) is 56.7. The molecule has 0 unspecified atom stereocenters. The summed E-state index contributed by atoms with van der Waals surface area (Å²) in [7, 11) is 0. The van der Waals surface area contributed by atoms with E-state index in [0.717, 1.165) is 22.3 Å². The standard InChI is InChI=1S/C55H83N5O15/c1-51(2,3)71-44(62)31-58(32-45(63)72-52(4,5)6)26-28-60(29-27-59(33-46(64)73-53(7,8)9)34-47(65)74-54(10,11)12)42(49(68)75-55(13,14)15)24-25-43(61)56-30-41(48(66)67)57-50(69)70-35-40-38-22-18-16-20-36(38)37-21-17-19-23-39(37)40/h16-23,40-42H,24-35H2,1-15H3,(H,56,61)(H,57,69)(H,66,67)/t41-,42-/m0/s1. The van der Waals surface area contributed by atoms with Crippen molar-refractivity contribution >= 4 is 47.8 Å². The summed E-state index contributed by atoms with van der Waals surface area (Å²) in [6.45, 7) is 23.3. The molecule has 75 heavy (non-hydrogen) atoms. The Morgan fingerprint density at radius 2 is 0.920 bits per heavy atom. The van der Waals surface area contributed by atoms with Crippen molar-refractivity contribution in [3.63, 3.8) is 0 Å². The second-order valence-corrected chi connectivity index (χ2v) is 23.6. The lowest BCUT2D eigenvalue weighted by atomic mass is 9.98. The first kappa shape index (κ1) is 63.2. The van der Waals surface area contributed by atoms with E-state index in [1.165, 1.54) is 9.80 Å². The highest BCUT2D eigenvalue weighted by atomic mass is 16.6. The van der Waals surface area contributed by atoms with E-state index in [-0.39, 0.29) is 77.7 Å². The number of carboxylic acids is 1. The molecule has 0 radical (unpaired) electrons. The number of carbonyl (C=O) groups is 8. The van der Waals surface area contributed by atoms with Gasteiger partial charge >= 0.3 is 41.9 Å². The van der Waals surface area contributed by atoms with Gasteiger partial charge in [-0.1, -0.05) is 48.5 Å². The van der Waals surface area contributed by atoms with Crippen molar-refractivity contribution in [2.45, 2.75) is 163 Å². The summed E-state index contributed by atoms with van der Waals surface area (Å²) in [4.78, 5) is 111. The van der Waals surface area contributed by atoms with Gasteiger partial charge in [0, 0.05) is 45.1 Å². The van der Waals surface area contributed by atoms with Gasteiger partial charge in [0.2, 0.25) is 5.91 Å². The number of carbonyl (C=O) groups excluding carboxylic acids is 7. The summed E-state index contributed by atoms with van der Waals surface area (Å²) in [6.07, 6.45) is -1.55. The Kier molecular flexibility index (Phi) is 22.8. The second-order valence-electron chi connectivity index (χ2n) is 23.6. The van der Waals surface area contributed by atoms with Crippen LogP contribution in [0.15, 0.2) is 48.5 Å². The first-order valence-corrected chi connectivity index (χ1v) is 25.4. The molecule has 418 valence electrons. The fourth-order valence-electron chi connectivity index (χ4n) is 7.99. The number of aliphatic carboxylic acids is 1. The highest BCUT2D eigenvalue weighted by molar-refractivity contribution is 5.83. The summed E-state index contributed by atoms with van der Waals surface area (Å²) >= 11 is 0. The number of hydrogen-bond donors (Lipinski definition) is 3. The van der Waals surface area contributed by atoms with Crippen LogP contribution in [-0.2, 0) is 62.0 Å². The summed E-state index contributed by atoms with van der Waals surface area (Å²) in [5.74, 6) is -5.66. The third-order valence-electron chi connectivity index (χ3n) is 10.7. The third-order valence-corrected chi connectivity index (χ3v) is 10.7. The largest absolute Gasteiger partial charge is 0.480 e. The van der Waals surface area contributed by atoms with Crippen LogP contribution >= 0.6 is 0 Å². The van der Waals surface area contributed by atoms with Crippen LogP contribution in [0.25, 0.3) is 11.1 Å². The topological polar surface area (TPSA) is 246 Å². The van der Waals surface area contributed by atoms with Crippen LogP contribution in [0.1, 0.15) is 134 Å². The van der Waals surface area contributed by atoms with Gasteiger partial charge in [0.1, 0.15) is 46.7 Å². The molecule has 3 rings (SSSR count). The van der Waals surface area contributed by atoms with E-state index >= 15 is 0 Å². The van der Waals surface area contributed by atoms with Crippen LogP contribution in [0.4, 0.5) is 4.79 Å². The minimum absolute atomic E-state index is 0.0378. The van der Waals surface area contributed by atoms with Gasteiger partial charge in [-0.05, 0) is 133 Å². The molecule has 2 aromatic carbocycles. The first-order valence-electron chi connectivity index (χ1n) is 25.4. The number of ether oxygens (including phenoxy) is 6. The Bertz CT molecular complexity index is 2130. The zero-order valence-corrected chi connectivity index (χ0v) is 46.8. The lowest BCUT2D eigenvalue weighted by molar-refractivity contribution is -0.165. The summed E-state index contributed by atoms with van der Waals surface area (Å²) in [5.41, 5.74) is -0.456. The maximum atomic E-state index is 14.4. The lowest BCUT2D eigenvalue weighted by Gasteiger charge is -2.35. The molecule has 2 aromatic rings. The van der Waals surface area contributed by atoms with E-state index < -0.39 is 94.4 Å². The van der Waals surface area contributed by atoms with Crippen LogP contribution in [-0.4, -0.2) is 173 Å². The van der Waals surface area contributed by atoms with Crippen molar-refractivity contribution in [2.75, 3.05) is 65.5 Å². The van der Waals surface area contributed by atoms with E-state index in [1.54, 1.807) is 109 Å². The van der Waals surface area contributed by atoms with E-state index in [2.05, 4.69) is 10.6 Å². The summed E-state index contributed by atoms with van der Waals surface area (Å²) in [5, 5.41) is 15.0. The van der Waals surface area contributed by atoms with E-state index in [0.29, 0.717) is 0 Å². The molecule has 20 nitrogen and oxygen atoms in total. The Labute approximate surface area is 442 Å². The number of benzene rings is 2. The molecule has 0 saturated heterocycles. The first-order chi connectivity index (χ1) is 34.5. The molecule has 2 atom stereocenters. The van der Waals surface area contributed by atoms with Crippen LogP contribution < -0.4 is 10.6 Å². The molecule has 20 heteroatoms. The molecule has 3 N–H and O–H groups in total. The minimum Gasteiger partial charge on any atom is -0.480 e. The lowest BCUT2D eigenvalue weighted by Crippen LogP contribution is -2.52. The average molecular weight is 1050 g/mol. The number of esters is 5. The Morgan fingerprint density at radius 1 is 0.547 bits per heavy atom. The van der Waals surface area contributed by atoms with Gasteiger partial charge in [0.15, 0.2) is 0 Å². The average Bonchev–Trinajstić information content (AvgIpc) is 3.54. The predicted molar refractivity (Wildman–Crippen MR) is 279 cm³/mol. The van der Waals surface area contributed by atoms with Crippen LogP contribution in [0.2, 0.25) is 0 Å². The maximum Gasteiger partial charge on any atom is 0.407 e. The molecular formula is C55H83N5O15. The number of alkyl carbamates (subject to hydrolysis) is 1. The molecule has 2 amide bonds. The summed E-state index contributed by atoms with van der Waals surface area (Å²) in [6, 6.07) is 12.7. The fourth-order valence-corrected chi connectivity index (χ4v) is 7.99. The highest BCUT2D eigenvalue weighted by Crippen LogP contribution is 2.44.